The molecule has 1 unspecified atom stereocenters. The quantitative estimate of drug-likeness (QED) is 0.433. The molecule has 0 radical (unpaired) electrons. The van der Waals surface area contributed by atoms with E-state index in [2.05, 4.69) is 17.2 Å². The molecular weight excluding hydrogens is 132 g/mol. The molecule has 1 rings (SSSR count). The number of nitrogens with zero attached hydrogens (tertiary/aromatic N) is 1. The Bertz CT molecular complexity index is 102. The van der Waals surface area contributed by atoms with E-state index in [9.17, 15) is 0 Å². The SMILES string of the molecule is C=NOCC1CNCCO1. The van der Waals surface area contributed by atoms with Gasteiger partial charge in [-0.15, -0.1) is 5.16 Å². The number of ether oxygens (including phenoxy) is 1. The molecule has 1 aliphatic rings. The van der Waals surface area contributed by atoms with Crippen molar-refractivity contribution in [1.29, 1.82) is 0 Å². The molecule has 0 aromatic rings. The van der Waals surface area contributed by atoms with Crippen LogP contribution in [0.5, 0.6) is 0 Å². The van der Waals surface area contributed by atoms with E-state index in [1.807, 2.05) is 0 Å². The van der Waals surface area contributed by atoms with E-state index >= 15 is 0 Å². The first-order valence-corrected chi connectivity index (χ1v) is 3.34. The minimum absolute atomic E-state index is 0.138. The van der Waals surface area contributed by atoms with Crippen LogP contribution in [0.1, 0.15) is 0 Å². The molecule has 1 N–H and O–H groups in total. The highest BCUT2D eigenvalue weighted by molar-refractivity contribution is 5.21. The Labute approximate surface area is 60.2 Å². The largest absolute Gasteiger partial charge is 0.393 e. The first-order valence-electron chi connectivity index (χ1n) is 3.34. The average Bonchev–Trinajstić information content (AvgIpc) is 2.03. The monoisotopic (exact) mass is 144 g/mol. The number of nitrogens with one attached hydrogen (secondary N) is 1. The Morgan fingerprint density at radius 3 is 3.30 bits per heavy atom. The number of hydrogen-bond donors (Lipinski definition) is 1. The molecule has 58 valence electrons. The molecule has 4 nitrogen and oxygen atoms in total. The van der Waals surface area contributed by atoms with Crippen molar-refractivity contribution in [3.63, 3.8) is 0 Å². The molecule has 4 heteroatoms. The van der Waals surface area contributed by atoms with E-state index in [4.69, 9.17) is 9.57 Å². The van der Waals surface area contributed by atoms with Crippen LogP contribution < -0.4 is 5.32 Å². The normalized spacial score (nSPS) is 25.8. The van der Waals surface area contributed by atoms with Crippen molar-refractivity contribution in [2.75, 3.05) is 26.3 Å². The maximum atomic E-state index is 5.30. The van der Waals surface area contributed by atoms with E-state index in [0.29, 0.717) is 6.61 Å². The summed E-state index contributed by atoms with van der Waals surface area (Å²) in [7, 11) is 0. The van der Waals surface area contributed by atoms with Gasteiger partial charge in [0.1, 0.15) is 12.7 Å². The molecular formula is C6H12N2O2. The number of morpholine rings is 1. The van der Waals surface area contributed by atoms with E-state index in [0.717, 1.165) is 19.7 Å². The Morgan fingerprint density at radius 2 is 2.70 bits per heavy atom. The van der Waals surface area contributed by atoms with Gasteiger partial charge in [0.25, 0.3) is 0 Å². The minimum atomic E-state index is 0.138. The van der Waals surface area contributed by atoms with Crippen molar-refractivity contribution in [1.82, 2.24) is 5.32 Å². The second-order valence-corrected chi connectivity index (χ2v) is 2.12. The Morgan fingerprint density at radius 1 is 1.80 bits per heavy atom. The van der Waals surface area contributed by atoms with Crippen molar-refractivity contribution in [2.45, 2.75) is 6.10 Å². The smallest absolute Gasteiger partial charge is 0.144 e. The highest BCUT2D eigenvalue weighted by atomic mass is 16.6. The molecule has 10 heavy (non-hydrogen) atoms. The summed E-state index contributed by atoms with van der Waals surface area (Å²) in [5, 5.41) is 6.45. The van der Waals surface area contributed by atoms with Crippen LogP contribution in [0.4, 0.5) is 0 Å². The van der Waals surface area contributed by atoms with Crippen LogP contribution >= 0.6 is 0 Å². The molecule has 0 saturated carbocycles. The zero-order valence-electron chi connectivity index (χ0n) is 5.88. The molecule has 1 fully saturated rings. The Hall–Kier alpha value is -0.610. The van der Waals surface area contributed by atoms with Gasteiger partial charge in [-0.3, -0.25) is 0 Å². The number of hydrogen-bond acceptors (Lipinski definition) is 4. The topological polar surface area (TPSA) is 42.8 Å². The number of rotatable bonds is 3. The van der Waals surface area contributed by atoms with E-state index in [1.54, 1.807) is 0 Å². The fourth-order valence-corrected chi connectivity index (χ4v) is 0.863. The summed E-state index contributed by atoms with van der Waals surface area (Å²) in [6.07, 6.45) is 0.138. The predicted molar refractivity (Wildman–Crippen MR) is 38.1 cm³/mol. The predicted octanol–water partition coefficient (Wildman–Crippen LogP) is -0.393. The summed E-state index contributed by atoms with van der Waals surface area (Å²) in [5.74, 6) is 0. The second kappa shape index (κ2) is 4.24. The van der Waals surface area contributed by atoms with Crippen LogP contribution in [0.25, 0.3) is 0 Å². The van der Waals surface area contributed by atoms with Crippen LogP contribution in [0, 0.1) is 0 Å². The first-order chi connectivity index (χ1) is 4.93. The summed E-state index contributed by atoms with van der Waals surface area (Å²) in [5.41, 5.74) is 0. The molecule has 1 aliphatic heterocycles. The van der Waals surface area contributed by atoms with Gasteiger partial charge < -0.3 is 14.9 Å². The first kappa shape index (κ1) is 7.50. The van der Waals surface area contributed by atoms with Gasteiger partial charge in [0.15, 0.2) is 0 Å². The van der Waals surface area contributed by atoms with Gasteiger partial charge in [-0.25, -0.2) is 0 Å². The van der Waals surface area contributed by atoms with Gasteiger partial charge in [-0.1, -0.05) is 0 Å². The lowest BCUT2D eigenvalue weighted by Gasteiger charge is -2.21. The third-order valence-corrected chi connectivity index (χ3v) is 1.36. The lowest BCUT2D eigenvalue weighted by molar-refractivity contribution is -0.0296. The van der Waals surface area contributed by atoms with Gasteiger partial charge in [0, 0.05) is 19.8 Å². The van der Waals surface area contributed by atoms with E-state index < -0.39 is 0 Å². The van der Waals surface area contributed by atoms with Crippen LogP contribution in [-0.2, 0) is 9.57 Å². The molecule has 0 aromatic heterocycles. The van der Waals surface area contributed by atoms with Crippen LogP contribution in [0.2, 0.25) is 0 Å². The lowest BCUT2D eigenvalue weighted by atomic mass is 10.3. The summed E-state index contributed by atoms with van der Waals surface area (Å²) < 4.78 is 5.30. The summed E-state index contributed by atoms with van der Waals surface area (Å²) in [4.78, 5) is 4.72. The van der Waals surface area contributed by atoms with Crippen molar-refractivity contribution in [3.05, 3.63) is 0 Å². The minimum Gasteiger partial charge on any atom is -0.393 e. The Kier molecular flexibility index (Phi) is 3.18. The van der Waals surface area contributed by atoms with Crippen molar-refractivity contribution in [3.8, 4) is 0 Å². The molecule has 0 aromatic carbocycles. The van der Waals surface area contributed by atoms with Gasteiger partial charge in [-0.2, -0.15) is 0 Å². The molecule has 0 bridgehead atoms. The van der Waals surface area contributed by atoms with Crippen molar-refractivity contribution in [2.24, 2.45) is 5.16 Å². The fourth-order valence-electron chi connectivity index (χ4n) is 0.863. The molecule has 1 heterocycles. The van der Waals surface area contributed by atoms with E-state index in [1.165, 1.54) is 0 Å². The second-order valence-electron chi connectivity index (χ2n) is 2.12. The third kappa shape index (κ3) is 2.33. The number of oxime groups is 1. The summed E-state index contributed by atoms with van der Waals surface area (Å²) in [6.45, 7) is 6.22. The standard InChI is InChI=1S/C6H12N2O2/c1-7-10-5-6-4-8-2-3-9-6/h6,8H,1-5H2. The summed E-state index contributed by atoms with van der Waals surface area (Å²) >= 11 is 0. The Balaban J connectivity index is 2.07. The lowest BCUT2D eigenvalue weighted by Crippen LogP contribution is -2.40. The molecule has 1 saturated heterocycles. The van der Waals surface area contributed by atoms with Crippen LogP contribution in [0.15, 0.2) is 5.16 Å². The molecule has 0 aliphatic carbocycles. The van der Waals surface area contributed by atoms with Crippen molar-refractivity contribution < 1.29 is 9.57 Å². The maximum absolute atomic E-state index is 5.30. The fraction of sp³-hybridized carbons (Fsp3) is 0.833. The highest BCUT2D eigenvalue weighted by Crippen LogP contribution is 1.95. The highest BCUT2D eigenvalue weighted by Gasteiger charge is 2.12. The third-order valence-electron chi connectivity index (χ3n) is 1.36. The molecule has 0 amide bonds. The van der Waals surface area contributed by atoms with Crippen molar-refractivity contribution >= 4 is 6.72 Å². The molecule has 0 spiro atoms. The van der Waals surface area contributed by atoms with Crippen LogP contribution in [-0.4, -0.2) is 39.1 Å². The zero-order chi connectivity index (χ0) is 7.23. The van der Waals surface area contributed by atoms with E-state index in [-0.39, 0.29) is 6.10 Å². The van der Waals surface area contributed by atoms with Gasteiger partial charge >= 0.3 is 0 Å². The van der Waals surface area contributed by atoms with Gasteiger partial charge in [-0.05, 0) is 0 Å². The average molecular weight is 144 g/mol. The summed E-state index contributed by atoms with van der Waals surface area (Å²) in [6, 6.07) is 0. The zero-order valence-corrected chi connectivity index (χ0v) is 5.88. The maximum Gasteiger partial charge on any atom is 0.144 e. The van der Waals surface area contributed by atoms with Gasteiger partial charge in [0.2, 0.25) is 0 Å². The molecule has 1 atom stereocenters. The van der Waals surface area contributed by atoms with Crippen LogP contribution in [0.3, 0.4) is 0 Å². The van der Waals surface area contributed by atoms with Gasteiger partial charge in [0.05, 0.1) is 6.61 Å².